The minimum Gasteiger partial charge on any atom is -0.350 e. The lowest BCUT2D eigenvalue weighted by atomic mass is 9.99. The standard InChI is InChI=1S/C14H25N3O3S/c1-21(19,20)17-9-4-6-13(17)14(18)15-11-7-10-16-8-3-2-5-12(11)16/h11-13H,2-10H2,1H3,(H,15,18). The average Bonchev–Trinajstić information content (AvgIpc) is 3.05. The Morgan fingerprint density at radius 1 is 1.05 bits per heavy atom. The number of hydrogen-bond acceptors (Lipinski definition) is 4. The molecule has 3 heterocycles. The van der Waals surface area contributed by atoms with Crippen LogP contribution in [0, 0.1) is 0 Å². The summed E-state index contributed by atoms with van der Waals surface area (Å²) in [5, 5.41) is 3.14. The first kappa shape index (κ1) is 15.2. The second kappa shape index (κ2) is 5.85. The molecule has 1 N–H and O–H groups in total. The molecule has 1 amide bonds. The summed E-state index contributed by atoms with van der Waals surface area (Å²) in [7, 11) is -3.29. The maximum atomic E-state index is 12.5. The van der Waals surface area contributed by atoms with Gasteiger partial charge in [0.1, 0.15) is 6.04 Å². The van der Waals surface area contributed by atoms with Crippen LogP contribution < -0.4 is 5.32 Å². The summed E-state index contributed by atoms with van der Waals surface area (Å²) in [6.07, 6.45) is 7.21. The van der Waals surface area contributed by atoms with Crippen LogP contribution >= 0.6 is 0 Å². The summed E-state index contributed by atoms with van der Waals surface area (Å²) < 4.78 is 24.9. The van der Waals surface area contributed by atoms with Crippen LogP contribution in [-0.2, 0) is 14.8 Å². The third kappa shape index (κ3) is 3.10. The number of hydrogen-bond donors (Lipinski definition) is 1. The van der Waals surface area contributed by atoms with Crippen molar-refractivity contribution in [3.05, 3.63) is 0 Å². The number of carbonyl (C=O) groups excluding carboxylic acids is 1. The van der Waals surface area contributed by atoms with Gasteiger partial charge in [0.25, 0.3) is 0 Å². The summed E-state index contributed by atoms with van der Waals surface area (Å²) in [5.41, 5.74) is 0. The van der Waals surface area contributed by atoms with Gasteiger partial charge in [-0.2, -0.15) is 4.31 Å². The van der Waals surface area contributed by atoms with Crippen molar-refractivity contribution >= 4 is 15.9 Å². The highest BCUT2D eigenvalue weighted by molar-refractivity contribution is 7.88. The SMILES string of the molecule is CS(=O)(=O)N1CCCC1C(=O)NC1CCN2CCCCC12. The molecule has 3 aliphatic heterocycles. The number of nitrogens with zero attached hydrogens (tertiary/aromatic N) is 2. The minimum absolute atomic E-state index is 0.102. The Balaban J connectivity index is 1.64. The smallest absolute Gasteiger partial charge is 0.238 e. The van der Waals surface area contributed by atoms with E-state index in [0.29, 0.717) is 19.0 Å². The van der Waals surface area contributed by atoms with E-state index in [0.717, 1.165) is 32.4 Å². The molecule has 3 fully saturated rings. The zero-order valence-corrected chi connectivity index (χ0v) is 13.4. The Hall–Kier alpha value is -0.660. The number of nitrogens with one attached hydrogen (secondary N) is 1. The van der Waals surface area contributed by atoms with E-state index >= 15 is 0 Å². The second-order valence-corrected chi connectivity index (χ2v) is 8.47. The molecule has 0 aromatic rings. The molecular formula is C14H25N3O3S. The molecule has 0 aromatic heterocycles. The van der Waals surface area contributed by atoms with E-state index in [2.05, 4.69) is 10.2 Å². The minimum atomic E-state index is -3.29. The Labute approximate surface area is 126 Å². The molecule has 0 spiro atoms. The van der Waals surface area contributed by atoms with Crippen molar-refractivity contribution in [2.75, 3.05) is 25.9 Å². The lowest BCUT2D eigenvalue weighted by Gasteiger charge is -2.33. The van der Waals surface area contributed by atoms with Crippen molar-refractivity contribution in [1.29, 1.82) is 0 Å². The van der Waals surface area contributed by atoms with Crippen LogP contribution in [0.4, 0.5) is 0 Å². The van der Waals surface area contributed by atoms with Gasteiger partial charge in [0.15, 0.2) is 0 Å². The van der Waals surface area contributed by atoms with Crippen LogP contribution in [0.2, 0.25) is 0 Å². The maximum absolute atomic E-state index is 12.5. The van der Waals surface area contributed by atoms with Crippen molar-refractivity contribution in [3.8, 4) is 0 Å². The lowest BCUT2D eigenvalue weighted by molar-refractivity contribution is -0.125. The molecule has 0 aromatic carbocycles. The number of amides is 1. The van der Waals surface area contributed by atoms with E-state index in [1.807, 2.05) is 0 Å². The molecule has 6 nitrogen and oxygen atoms in total. The zero-order valence-electron chi connectivity index (χ0n) is 12.6. The van der Waals surface area contributed by atoms with Crippen molar-refractivity contribution in [1.82, 2.24) is 14.5 Å². The van der Waals surface area contributed by atoms with Crippen LogP contribution in [0.1, 0.15) is 38.5 Å². The Kier molecular flexibility index (Phi) is 4.25. The molecule has 120 valence electrons. The summed E-state index contributed by atoms with van der Waals surface area (Å²) in [6.45, 7) is 2.66. The summed E-state index contributed by atoms with van der Waals surface area (Å²) in [5.74, 6) is -0.102. The molecule has 3 unspecified atom stereocenters. The number of carbonyl (C=O) groups is 1. The molecule has 7 heteroatoms. The molecule has 3 aliphatic rings. The average molecular weight is 315 g/mol. The van der Waals surface area contributed by atoms with Crippen LogP contribution in [0.5, 0.6) is 0 Å². The predicted octanol–water partition coefficient (Wildman–Crippen LogP) is 0.153. The molecule has 3 saturated heterocycles. The summed E-state index contributed by atoms with van der Waals surface area (Å²) in [4.78, 5) is 15.0. The molecule has 0 saturated carbocycles. The van der Waals surface area contributed by atoms with Gasteiger partial charge in [-0.15, -0.1) is 0 Å². The van der Waals surface area contributed by atoms with Gasteiger partial charge >= 0.3 is 0 Å². The summed E-state index contributed by atoms with van der Waals surface area (Å²) >= 11 is 0. The normalized spacial score (nSPS) is 34.8. The number of sulfonamides is 1. The van der Waals surface area contributed by atoms with E-state index in [-0.39, 0.29) is 11.9 Å². The maximum Gasteiger partial charge on any atom is 0.238 e. The van der Waals surface area contributed by atoms with E-state index in [1.165, 1.54) is 23.4 Å². The van der Waals surface area contributed by atoms with Crippen molar-refractivity contribution in [2.24, 2.45) is 0 Å². The van der Waals surface area contributed by atoms with E-state index in [1.54, 1.807) is 0 Å². The van der Waals surface area contributed by atoms with Crippen LogP contribution in [-0.4, -0.2) is 67.5 Å². The fourth-order valence-corrected chi connectivity index (χ4v) is 5.22. The Morgan fingerprint density at radius 3 is 2.62 bits per heavy atom. The highest BCUT2D eigenvalue weighted by Crippen LogP contribution is 2.28. The molecule has 0 bridgehead atoms. The molecule has 3 atom stereocenters. The predicted molar refractivity (Wildman–Crippen MR) is 80.3 cm³/mol. The number of piperidine rings is 1. The summed E-state index contributed by atoms with van der Waals surface area (Å²) in [6, 6.07) is 0.147. The fourth-order valence-electron chi connectivity index (χ4n) is 4.09. The monoisotopic (exact) mass is 315 g/mol. The lowest BCUT2D eigenvalue weighted by Crippen LogP contribution is -2.52. The highest BCUT2D eigenvalue weighted by atomic mass is 32.2. The van der Waals surface area contributed by atoms with E-state index < -0.39 is 16.1 Å². The Bertz CT molecular complexity index is 508. The zero-order chi connectivity index (χ0) is 15.0. The molecule has 0 aliphatic carbocycles. The molecular weight excluding hydrogens is 290 g/mol. The van der Waals surface area contributed by atoms with Gasteiger partial charge < -0.3 is 5.32 Å². The highest BCUT2D eigenvalue weighted by Gasteiger charge is 2.40. The Morgan fingerprint density at radius 2 is 1.86 bits per heavy atom. The first-order chi connectivity index (χ1) is 9.97. The van der Waals surface area contributed by atoms with Crippen molar-refractivity contribution < 1.29 is 13.2 Å². The van der Waals surface area contributed by atoms with Gasteiger partial charge in [-0.1, -0.05) is 6.42 Å². The van der Waals surface area contributed by atoms with Gasteiger partial charge in [0.05, 0.1) is 6.26 Å². The van der Waals surface area contributed by atoms with Gasteiger partial charge in [0, 0.05) is 25.2 Å². The van der Waals surface area contributed by atoms with E-state index in [9.17, 15) is 13.2 Å². The molecule has 3 rings (SSSR count). The van der Waals surface area contributed by atoms with Crippen LogP contribution in [0.3, 0.4) is 0 Å². The largest absolute Gasteiger partial charge is 0.350 e. The van der Waals surface area contributed by atoms with E-state index in [4.69, 9.17) is 0 Å². The van der Waals surface area contributed by atoms with Crippen LogP contribution in [0.25, 0.3) is 0 Å². The van der Waals surface area contributed by atoms with Crippen molar-refractivity contribution in [2.45, 2.75) is 56.7 Å². The molecule has 0 radical (unpaired) electrons. The second-order valence-electron chi connectivity index (χ2n) is 6.53. The number of fused-ring (bicyclic) bond motifs is 1. The van der Waals surface area contributed by atoms with Crippen molar-refractivity contribution in [3.63, 3.8) is 0 Å². The van der Waals surface area contributed by atoms with Gasteiger partial charge in [-0.3, -0.25) is 9.69 Å². The third-order valence-corrected chi connectivity index (χ3v) is 6.41. The quantitative estimate of drug-likeness (QED) is 0.805. The first-order valence-corrected chi connectivity index (χ1v) is 9.83. The van der Waals surface area contributed by atoms with Crippen LogP contribution in [0.15, 0.2) is 0 Å². The topological polar surface area (TPSA) is 69.7 Å². The van der Waals surface area contributed by atoms with Gasteiger partial charge in [-0.25, -0.2) is 8.42 Å². The molecule has 21 heavy (non-hydrogen) atoms. The first-order valence-electron chi connectivity index (χ1n) is 7.98. The number of rotatable bonds is 3. The van der Waals surface area contributed by atoms with Gasteiger partial charge in [0.2, 0.25) is 15.9 Å². The fraction of sp³-hybridized carbons (Fsp3) is 0.929. The van der Waals surface area contributed by atoms with Gasteiger partial charge in [-0.05, 0) is 38.6 Å². The third-order valence-electron chi connectivity index (χ3n) is 5.12.